The van der Waals surface area contributed by atoms with Gasteiger partial charge in [0, 0.05) is 16.2 Å². The summed E-state index contributed by atoms with van der Waals surface area (Å²) in [5.41, 5.74) is 3.72. The van der Waals surface area contributed by atoms with Gasteiger partial charge in [-0.25, -0.2) is 4.98 Å². The van der Waals surface area contributed by atoms with E-state index >= 15 is 0 Å². The molecule has 0 amide bonds. The van der Waals surface area contributed by atoms with Gasteiger partial charge >= 0.3 is 0 Å². The van der Waals surface area contributed by atoms with Gasteiger partial charge in [-0.15, -0.1) is 11.3 Å². The SMILES string of the molecule is CCCc1ccc(-c2nc(C)c(CS)s2)cc1. The lowest BCUT2D eigenvalue weighted by molar-refractivity contribution is 0.922. The van der Waals surface area contributed by atoms with E-state index in [4.69, 9.17) is 0 Å². The Morgan fingerprint density at radius 3 is 2.47 bits per heavy atom. The van der Waals surface area contributed by atoms with Crippen LogP contribution in [0.3, 0.4) is 0 Å². The van der Waals surface area contributed by atoms with E-state index in [1.54, 1.807) is 11.3 Å². The Morgan fingerprint density at radius 2 is 1.94 bits per heavy atom. The topological polar surface area (TPSA) is 12.9 Å². The van der Waals surface area contributed by atoms with Crippen LogP contribution in [0.25, 0.3) is 10.6 Å². The van der Waals surface area contributed by atoms with Crippen molar-refractivity contribution < 1.29 is 0 Å². The molecule has 2 aromatic rings. The van der Waals surface area contributed by atoms with Crippen molar-refractivity contribution in [2.24, 2.45) is 0 Å². The number of thiazole rings is 1. The van der Waals surface area contributed by atoms with Gasteiger partial charge in [-0.05, 0) is 18.9 Å². The van der Waals surface area contributed by atoms with Crippen LogP contribution >= 0.6 is 24.0 Å². The molecule has 0 aliphatic heterocycles. The number of benzene rings is 1. The smallest absolute Gasteiger partial charge is 0.123 e. The number of hydrogen-bond donors (Lipinski definition) is 1. The minimum Gasteiger partial charge on any atom is -0.241 e. The third kappa shape index (κ3) is 2.90. The van der Waals surface area contributed by atoms with Crippen LogP contribution in [0.4, 0.5) is 0 Å². The molecular formula is C14H17NS2. The monoisotopic (exact) mass is 263 g/mol. The predicted molar refractivity (Wildman–Crippen MR) is 79.0 cm³/mol. The minimum absolute atomic E-state index is 0.775. The molecule has 0 saturated carbocycles. The van der Waals surface area contributed by atoms with Crippen molar-refractivity contribution in [1.82, 2.24) is 4.98 Å². The molecule has 0 bridgehead atoms. The van der Waals surface area contributed by atoms with Crippen molar-refractivity contribution in [3.05, 3.63) is 40.4 Å². The van der Waals surface area contributed by atoms with Gasteiger partial charge in [0.2, 0.25) is 0 Å². The highest BCUT2D eigenvalue weighted by Crippen LogP contribution is 2.29. The molecule has 0 unspecified atom stereocenters. The molecule has 1 heterocycles. The second kappa shape index (κ2) is 5.69. The Kier molecular flexibility index (Phi) is 4.24. The van der Waals surface area contributed by atoms with E-state index in [-0.39, 0.29) is 0 Å². The van der Waals surface area contributed by atoms with Crippen LogP contribution < -0.4 is 0 Å². The van der Waals surface area contributed by atoms with Gasteiger partial charge in [0.15, 0.2) is 0 Å². The molecule has 2 rings (SSSR count). The molecule has 0 aliphatic rings. The highest BCUT2D eigenvalue weighted by atomic mass is 32.1. The van der Waals surface area contributed by atoms with E-state index in [0.29, 0.717) is 0 Å². The normalized spacial score (nSPS) is 10.8. The molecule has 17 heavy (non-hydrogen) atoms. The summed E-state index contributed by atoms with van der Waals surface area (Å²) in [7, 11) is 0. The number of hydrogen-bond acceptors (Lipinski definition) is 3. The number of aromatic nitrogens is 1. The van der Waals surface area contributed by atoms with E-state index in [9.17, 15) is 0 Å². The van der Waals surface area contributed by atoms with E-state index in [1.165, 1.54) is 22.4 Å². The third-order valence-electron chi connectivity index (χ3n) is 2.78. The molecule has 1 aromatic heterocycles. The van der Waals surface area contributed by atoms with Crippen molar-refractivity contribution in [3.8, 4) is 10.6 Å². The fourth-order valence-corrected chi connectivity index (χ4v) is 3.15. The quantitative estimate of drug-likeness (QED) is 0.801. The average Bonchev–Trinajstić information content (AvgIpc) is 2.72. The van der Waals surface area contributed by atoms with Gasteiger partial charge in [-0.1, -0.05) is 37.6 Å². The molecule has 0 N–H and O–H groups in total. The van der Waals surface area contributed by atoms with E-state index in [0.717, 1.165) is 22.9 Å². The summed E-state index contributed by atoms with van der Waals surface area (Å²) in [5, 5.41) is 1.11. The zero-order valence-electron chi connectivity index (χ0n) is 10.2. The summed E-state index contributed by atoms with van der Waals surface area (Å²) in [6.07, 6.45) is 2.35. The zero-order chi connectivity index (χ0) is 12.3. The fraction of sp³-hybridized carbons (Fsp3) is 0.357. The maximum absolute atomic E-state index is 4.60. The Balaban J connectivity index is 2.26. The first-order valence-corrected chi connectivity index (χ1v) is 7.36. The van der Waals surface area contributed by atoms with Crippen LogP contribution in [-0.2, 0) is 12.2 Å². The van der Waals surface area contributed by atoms with E-state index in [1.807, 2.05) is 0 Å². The number of rotatable bonds is 4. The number of nitrogens with zero attached hydrogens (tertiary/aromatic N) is 1. The first-order valence-electron chi connectivity index (χ1n) is 5.91. The minimum atomic E-state index is 0.775. The Labute approximate surface area is 112 Å². The fourth-order valence-electron chi connectivity index (χ4n) is 1.80. The number of aryl methyl sites for hydroxylation is 2. The van der Waals surface area contributed by atoms with E-state index < -0.39 is 0 Å². The number of thiol groups is 1. The largest absolute Gasteiger partial charge is 0.241 e. The van der Waals surface area contributed by atoms with Gasteiger partial charge in [0.05, 0.1) is 5.69 Å². The van der Waals surface area contributed by atoms with Crippen LogP contribution in [-0.4, -0.2) is 4.98 Å². The van der Waals surface area contributed by atoms with Gasteiger partial charge < -0.3 is 0 Å². The Bertz CT molecular complexity index is 485. The first-order chi connectivity index (χ1) is 8.24. The molecule has 90 valence electrons. The first kappa shape index (κ1) is 12.7. The second-order valence-corrected chi connectivity index (χ2v) is 5.53. The summed E-state index contributed by atoms with van der Waals surface area (Å²) in [6.45, 7) is 4.26. The molecule has 0 spiro atoms. The van der Waals surface area contributed by atoms with Crippen LogP contribution in [0, 0.1) is 6.92 Å². The van der Waals surface area contributed by atoms with Gasteiger partial charge in [0.25, 0.3) is 0 Å². The molecular weight excluding hydrogens is 246 g/mol. The maximum Gasteiger partial charge on any atom is 0.123 e. The van der Waals surface area contributed by atoms with Crippen LogP contribution in [0.1, 0.15) is 29.5 Å². The summed E-state index contributed by atoms with van der Waals surface area (Å²) in [6, 6.07) is 8.75. The van der Waals surface area contributed by atoms with Crippen molar-refractivity contribution >= 4 is 24.0 Å². The summed E-state index contributed by atoms with van der Waals surface area (Å²) in [5.74, 6) is 0.775. The van der Waals surface area contributed by atoms with Crippen molar-refractivity contribution in [1.29, 1.82) is 0 Å². The Morgan fingerprint density at radius 1 is 1.24 bits per heavy atom. The molecule has 1 nitrogen and oxygen atoms in total. The van der Waals surface area contributed by atoms with Gasteiger partial charge in [-0.2, -0.15) is 12.6 Å². The van der Waals surface area contributed by atoms with E-state index in [2.05, 4.69) is 55.7 Å². The second-order valence-electron chi connectivity index (χ2n) is 4.13. The Hall–Kier alpha value is -0.800. The maximum atomic E-state index is 4.60. The zero-order valence-corrected chi connectivity index (χ0v) is 11.9. The summed E-state index contributed by atoms with van der Waals surface area (Å²) >= 11 is 6.06. The molecule has 0 atom stereocenters. The lowest BCUT2D eigenvalue weighted by Gasteiger charge is -2.00. The molecule has 0 saturated heterocycles. The van der Waals surface area contributed by atoms with Crippen LogP contribution in [0.5, 0.6) is 0 Å². The molecule has 3 heteroatoms. The lowest BCUT2D eigenvalue weighted by atomic mass is 10.1. The summed E-state index contributed by atoms with van der Waals surface area (Å²) < 4.78 is 0. The lowest BCUT2D eigenvalue weighted by Crippen LogP contribution is -1.83. The van der Waals surface area contributed by atoms with Crippen LogP contribution in [0.15, 0.2) is 24.3 Å². The van der Waals surface area contributed by atoms with Crippen molar-refractivity contribution in [3.63, 3.8) is 0 Å². The van der Waals surface area contributed by atoms with Gasteiger partial charge in [0.1, 0.15) is 5.01 Å². The molecule has 0 fully saturated rings. The molecule has 0 aliphatic carbocycles. The average molecular weight is 263 g/mol. The predicted octanol–water partition coefficient (Wildman–Crippen LogP) is 4.50. The highest BCUT2D eigenvalue weighted by molar-refractivity contribution is 7.79. The van der Waals surface area contributed by atoms with Gasteiger partial charge in [-0.3, -0.25) is 0 Å². The summed E-state index contributed by atoms with van der Waals surface area (Å²) in [4.78, 5) is 5.86. The molecule has 1 aromatic carbocycles. The standard InChI is InChI=1S/C14H17NS2/c1-3-4-11-5-7-12(8-6-11)14-15-10(2)13(9-16)17-14/h5-8,16H,3-4,9H2,1-2H3. The molecule has 0 radical (unpaired) electrons. The van der Waals surface area contributed by atoms with Crippen LogP contribution in [0.2, 0.25) is 0 Å². The third-order valence-corrected chi connectivity index (χ3v) is 4.51. The van der Waals surface area contributed by atoms with Crippen molar-refractivity contribution in [2.45, 2.75) is 32.4 Å². The highest BCUT2D eigenvalue weighted by Gasteiger charge is 2.07. The van der Waals surface area contributed by atoms with Crippen molar-refractivity contribution in [2.75, 3.05) is 0 Å².